The smallest absolute Gasteiger partial charge is 0.280 e. The zero-order valence-electron chi connectivity index (χ0n) is 19.6. The fraction of sp³-hybridized carbons (Fsp3) is 0.250. The van der Waals surface area contributed by atoms with Crippen LogP contribution in [0.3, 0.4) is 0 Å². The highest BCUT2D eigenvalue weighted by Gasteiger charge is 2.20. The number of nitrogens with zero attached hydrogens (tertiary/aromatic N) is 3. The van der Waals surface area contributed by atoms with Crippen LogP contribution >= 0.6 is 11.6 Å². The summed E-state index contributed by atoms with van der Waals surface area (Å²) in [7, 11) is 0. The lowest BCUT2D eigenvalue weighted by molar-refractivity contribution is -0.121. The van der Waals surface area contributed by atoms with Crippen molar-refractivity contribution in [3.05, 3.63) is 75.2 Å². The van der Waals surface area contributed by atoms with Crippen molar-refractivity contribution in [2.45, 2.75) is 26.9 Å². The van der Waals surface area contributed by atoms with E-state index in [0.717, 1.165) is 5.56 Å². The second-order valence-corrected chi connectivity index (χ2v) is 8.15. The van der Waals surface area contributed by atoms with Gasteiger partial charge in [-0.2, -0.15) is 0 Å². The molecule has 3 rings (SSSR count). The molecule has 3 aromatic rings. The van der Waals surface area contributed by atoms with E-state index in [4.69, 9.17) is 28.5 Å². The van der Waals surface area contributed by atoms with E-state index in [2.05, 4.69) is 15.7 Å². The lowest BCUT2D eigenvalue weighted by atomic mass is 10.1. The summed E-state index contributed by atoms with van der Waals surface area (Å²) in [5, 5.41) is 12.1. The first-order chi connectivity index (χ1) is 16.7. The van der Waals surface area contributed by atoms with Gasteiger partial charge in [0.2, 0.25) is 5.91 Å². The van der Waals surface area contributed by atoms with E-state index in [0.29, 0.717) is 29.9 Å². The first-order valence-electron chi connectivity index (χ1n) is 11.1. The standard InChI is InChI=1S/C24H29ClN8O2/c1-3-32(4-2)31-20-21(25)30-23(17-6-5-7-18(26)12-17)33(24(20)35)14-19(34)29-13-15-8-10-16(11-9-15)22(27)28/h5-12,31H,3-4,13-14,26H2,1-2H3,(H3,27,28)(H,29,34). The number of nitrogens with two attached hydrogens (primary N) is 2. The minimum absolute atomic E-state index is 0.00143. The van der Waals surface area contributed by atoms with Crippen LogP contribution in [0.25, 0.3) is 11.4 Å². The number of halogens is 1. The molecule has 0 bridgehead atoms. The van der Waals surface area contributed by atoms with Crippen molar-refractivity contribution in [1.82, 2.24) is 19.9 Å². The van der Waals surface area contributed by atoms with E-state index in [9.17, 15) is 9.59 Å². The zero-order valence-corrected chi connectivity index (χ0v) is 20.4. The summed E-state index contributed by atoms with van der Waals surface area (Å²) in [6.07, 6.45) is 0. The van der Waals surface area contributed by atoms with Gasteiger partial charge in [-0.05, 0) is 17.7 Å². The number of carbonyl (C=O) groups excluding carboxylic acids is 1. The van der Waals surface area contributed by atoms with Gasteiger partial charge in [-0.3, -0.25) is 19.6 Å². The Morgan fingerprint density at radius 1 is 1.17 bits per heavy atom. The van der Waals surface area contributed by atoms with Gasteiger partial charge >= 0.3 is 0 Å². The zero-order chi connectivity index (χ0) is 25.5. The van der Waals surface area contributed by atoms with Crippen LogP contribution in [0.2, 0.25) is 5.15 Å². The fourth-order valence-electron chi connectivity index (χ4n) is 3.41. The number of hydrazine groups is 1. The minimum atomic E-state index is -0.477. The third kappa shape index (κ3) is 6.37. The van der Waals surface area contributed by atoms with Gasteiger partial charge in [0.15, 0.2) is 10.8 Å². The van der Waals surface area contributed by atoms with E-state index in [1.807, 2.05) is 13.8 Å². The van der Waals surface area contributed by atoms with Crippen molar-refractivity contribution in [1.29, 1.82) is 5.41 Å². The number of nitrogens with one attached hydrogen (secondary N) is 3. The van der Waals surface area contributed by atoms with Crippen LogP contribution in [0, 0.1) is 5.41 Å². The number of amidine groups is 1. The predicted octanol–water partition coefficient (Wildman–Crippen LogP) is 2.42. The Morgan fingerprint density at radius 2 is 1.86 bits per heavy atom. The Kier molecular flexibility index (Phi) is 8.45. The molecule has 35 heavy (non-hydrogen) atoms. The summed E-state index contributed by atoms with van der Waals surface area (Å²) in [6, 6.07) is 13.8. The number of hydrogen-bond donors (Lipinski definition) is 5. The monoisotopic (exact) mass is 496 g/mol. The lowest BCUT2D eigenvalue weighted by Crippen LogP contribution is -2.38. The number of rotatable bonds is 10. The lowest BCUT2D eigenvalue weighted by Gasteiger charge is -2.22. The van der Waals surface area contributed by atoms with Gasteiger partial charge in [-0.1, -0.05) is 61.8 Å². The predicted molar refractivity (Wildman–Crippen MR) is 139 cm³/mol. The molecule has 2 aromatic carbocycles. The Hall–Kier alpha value is -3.89. The van der Waals surface area contributed by atoms with Crippen molar-refractivity contribution >= 4 is 34.7 Å². The molecule has 1 aromatic heterocycles. The number of nitrogen functional groups attached to an aromatic ring is 2. The Bertz CT molecular complexity index is 1270. The van der Waals surface area contributed by atoms with Crippen LogP contribution in [0.5, 0.6) is 0 Å². The molecule has 1 amide bonds. The van der Waals surface area contributed by atoms with Crippen molar-refractivity contribution in [3.8, 4) is 11.4 Å². The number of carbonyl (C=O) groups is 1. The molecule has 0 unspecified atom stereocenters. The van der Waals surface area contributed by atoms with Gasteiger partial charge in [0.25, 0.3) is 5.56 Å². The van der Waals surface area contributed by atoms with Crippen LogP contribution in [-0.2, 0) is 17.9 Å². The molecule has 0 atom stereocenters. The molecule has 0 aliphatic rings. The van der Waals surface area contributed by atoms with Crippen molar-refractivity contribution < 1.29 is 4.79 Å². The Balaban J connectivity index is 1.92. The van der Waals surface area contributed by atoms with Crippen molar-refractivity contribution in [2.24, 2.45) is 5.73 Å². The molecule has 0 spiro atoms. The molecular weight excluding hydrogens is 468 g/mol. The van der Waals surface area contributed by atoms with Gasteiger partial charge in [0.05, 0.1) is 0 Å². The number of benzene rings is 2. The minimum Gasteiger partial charge on any atom is -0.399 e. The number of aromatic nitrogens is 2. The van der Waals surface area contributed by atoms with Crippen LogP contribution in [0.1, 0.15) is 25.0 Å². The maximum absolute atomic E-state index is 13.5. The van der Waals surface area contributed by atoms with Crippen LogP contribution in [0.15, 0.2) is 53.3 Å². The highest BCUT2D eigenvalue weighted by Crippen LogP contribution is 2.24. The van der Waals surface area contributed by atoms with Gasteiger partial charge in [0.1, 0.15) is 18.2 Å². The quantitative estimate of drug-likeness (QED) is 0.0948. The second kappa shape index (κ2) is 11.5. The van der Waals surface area contributed by atoms with E-state index in [1.165, 1.54) is 4.57 Å². The van der Waals surface area contributed by atoms with Crippen LogP contribution in [0.4, 0.5) is 11.4 Å². The van der Waals surface area contributed by atoms with E-state index in [1.54, 1.807) is 53.5 Å². The molecule has 0 saturated heterocycles. The third-order valence-corrected chi connectivity index (χ3v) is 5.63. The van der Waals surface area contributed by atoms with E-state index < -0.39 is 5.56 Å². The van der Waals surface area contributed by atoms with Gasteiger partial charge in [-0.25, -0.2) is 9.99 Å². The number of amides is 1. The first kappa shape index (κ1) is 25.7. The van der Waals surface area contributed by atoms with Crippen molar-refractivity contribution in [2.75, 3.05) is 24.2 Å². The first-order valence-corrected chi connectivity index (χ1v) is 11.5. The molecule has 0 radical (unpaired) electrons. The molecule has 11 heteroatoms. The number of anilines is 2. The average Bonchev–Trinajstić information content (AvgIpc) is 2.84. The van der Waals surface area contributed by atoms with E-state index >= 15 is 0 Å². The molecule has 10 nitrogen and oxygen atoms in total. The largest absolute Gasteiger partial charge is 0.399 e. The average molecular weight is 497 g/mol. The summed E-state index contributed by atoms with van der Waals surface area (Å²) in [5.41, 5.74) is 16.5. The molecule has 0 fully saturated rings. The Morgan fingerprint density at radius 3 is 2.46 bits per heavy atom. The van der Waals surface area contributed by atoms with Crippen LogP contribution in [-0.4, -0.2) is 39.4 Å². The molecular formula is C24H29ClN8O2. The second-order valence-electron chi connectivity index (χ2n) is 7.79. The molecule has 184 valence electrons. The normalized spacial score (nSPS) is 10.9. The molecule has 7 N–H and O–H groups in total. The molecule has 0 aliphatic carbocycles. The molecule has 0 aliphatic heterocycles. The van der Waals surface area contributed by atoms with Crippen molar-refractivity contribution in [3.63, 3.8) is 0 Å². The maximum atomic E-state index is 13.5. The summed E-state index contributed by atoms with van der Waals surface area (Å²) >= 11 is 6.40. The highest BCUT2D eigenvalue weighted by molar-refractivity contribution is 6.32. The third-order valence-electron chi connectivity index (χ3n) is 5.36. The van der Waals surface area contributed by atoms with Gasteiger partial charge in [-0.15, -0.1) is 0 Å². The topological polar surface area (TPSA) is 155 Å². The number of hydrogen-bond acceptors (Lipinski definition) is 7. The molecule has 0 saturated carbocycles. The Labute approximate surface area is 208 Å². The van der Waals surface area contributed by atoms with E-state index in [-0.39, 0.29) is 41.5 Å². The fourth-order valence-corrected chi connectivity index (χ4v) is 3.61. The summed E-state index contributed by atoms with van der Waals surface area (Å²) in [6.45, 7) is 5.11. The van der Waals surface area contributed by atoms with Gasteiger partial charge < -0.3 is 22.2 Å². The SMILES string of the molecule is CCN(CC)Nc1c(Cl)nc(-c2cccc(N)c2)n(CC(=O)NCc2ccc(C(=N)N)cc2)c1=O. The van der Waals surface area contributed by atoms with Crippen LogP contribution < -0.4 is 27.8 Å². The summed E-state index contributed by atoms with van der Waals surface area (Å²) in [5.74, 6) is -0.178. The summed E-state index contributed by atoms with van der Waals surface area (Å²) < 4.78 is 1.28. The molecule has 1 heterocycles. The highest BCUT2D eigenvalue weighted by atomic mass is 35.5. The maximum Gasteiger partial charge on any atom is 0.280 e. The summed E-state index contributed by atoms with van der Waals surface area (Å²) in [4.78, 5) is 30.7. The van der Waals surface area contributed by atoms with Gasteiger partial charge in [0, 0.05) is 36.4 Å².